The first-order valence-electron chi connectivity index (χ1n) is 4.73. The molecule has 14 heavy (non-hydrogen) atoms. The molecule has 76 valence electrons. The van der Waals surface area contributed by atoms with E-state index in [1.54, 1.807) is 0 Å². The van der Waals surface area contributed by atoms with Crippen molar-refractivity contribution in [3.05, 3.63) is 35.6 Å². The minimum atomic E-state index is -0.180. The zero-order chi connectivity index (χ0) is 9.97. The molecular weight excluding hydrogens is 247 g/mol. The van der Waals surface area contributed by atoms with Gasteiger partial charge in [0.2, 0.25) is 0 Å². The van der Waals surface area contributed by atoms with Crippen molar-refractivity contribution in [1.82, 2.24) is 0 Å². The van der Waals surface area contributed by atoms with E-state index < -0.39 is 0 Å². The molecule has 2 atom stereocenters. The van der Waals surface area contributed by atoms with Crippen LogP contribution in [0.5, 0.6) is 0 Å². The van der Waals surface area contributed by atoms with Crippen molar-refractivity contribution >= 4 is 15.9 Å². The summed E-state index contributed by atoms with van der Waals surface area (Å²) in [5.74, 6) is 0.217. The molecule has 2 unspecified atom stereocenters. The van der Waals surface area contributed by atoms with Gasteiger partial charge in [0.15, 0.2) is 0 Å². The standard InChI is InChI=1S/C11H12BrFO/c12-10-5-9(6-14-7-10)8-1-3-11(13)4-2-8/h1-4,9-10H,5-7H2. The summed E-state index contributed by atoms with van der Waals surface area (Å²) in [5.41, 5.74) is 1.16. The molecule has 1 saturated heterocycles. The Morgan fingerprint density at radius 2 is 1.93 bits per heavy atom. The molecule has 3 heteroatoms. The second-order valence-electron chi connectivity index (χ2n) is 3.62. The molecule has 1 fully saturated rings. The number of hydrogen-bond donors (Lipinski definition) is 0. The Balaban J connectivity index is 2.10. The van der Waals surface area contributed by atoms with Gasteiger partial charge in [-0.15, -0.1) is 0 Å². The summed E-state index contributed by atoms with van der Waals surface area (Å²) < 4.78 is 18.1. The number of ether oxygens (including phenoxy) is 1. The number of hydrogen-bond acceptors (Lipinski definition) is 1. The van der Waals surface area contributed by atoms with E-state index in [0.717, 1.165) is 25.2 Å². The molecule has 2 rings (SSSR count). The minimum Gasteiger partial charge on any atom is -0.380 e. The number of rotatable bonds is 1. The molecular formula is C11H12BrFO. The van der Waals surface area contributed by atoms with Gasteiger partial charge < -0.3 is 4.74 Å². The predicted octanol–water partition coefficient (Wildman–Crippen LogP) is 3.09. The highest BCUT2D eigenvalue weighted by Gasteiger charge is 2.21. The quantitative estimate of drug-likeness (QED) is 0.704. The molecule has 1 nitrogen and oxygen atoms in total. The average Bonchev–Trinajstić information content (AvgIpc) is 2.19. The van der Waals surface area contributed by atoms with Crippen molar-refractivity contribution in [2.45, 2.75) is 17.2 Å². The van der Waals surface area contributed by atoms with Crippen molar-refractivity contribution in [1.29, 1.82) is 0 Å². The lowest BCUT2D eigenvalue weighted by Crippen LogP contribution is -2.24. The molecule has 0 aliphatic carbocycles. The summed E-state index contributed by atoms with van der Waals surface area (Å²) in [7, 11) is 0. The molecule has 0 aromatic heterocycles. The van der Waals surface area contributed by atoms with Gasteiger partial charge in [-0.1, -0.05) is 28.1 Å². The Kier molecular flexibility index (Phi) is 3.19. The van der Waals surface area contributed by atoms with E-state index in [0.29, 0.717) is 10.7 Å². The fourth-order valence-electron chi connectivity index (χ4n) is 1.75. The average molecular weight is 259 g/mol. The fourth-order valence-corrected chi connectivity index (χ4v) is 2.39. The third-order valence-corrected chi connectivity index (χ3v) is 3.14. The molecule has 0 spiro atoms. The molecule has 1 aliphatic rings. The largest absolute Gasteiger partial charge is 0.380 e. The van der Waals surface area contributed by atoms with Crippen LogP contribution in [0.1, 0.15) is 17.9 Å². The van der Waals surface area contributed by atoms with Crippen LogP contribution in [-0.4, -0.2) is 18.0 Å². The van der Waals surface area contributed by atoms with Gasteiger partial charge in [-0.3, -0.25) is 0 Å². The van der Waals surface area contributed by atoms with E-state index in [4.69, 9.17) is 4.74 Å². The van der Waals surface area contributed by atoms with E-state index in [9.17, 15) is 4.39 Å². The van der Waals surface area contributed by atoms with Gasteiger partial charge in [-0.25, -0.2) is 4.39 Å². The van der Waals surface area contributed by atoms with Crippen LogP contribution in [0.3, 0.4) is 0 Å². The Hall–Kier alpha value is -0.410. The van der Waals surface area contributed by atoms with Gasteiger partial charge in [-0.2, -0.15) is 0 Å². The molecule has 0 amide bonds. The van der Waals surface area contributed by atoms with Crippen molar-refractivity contribution in [2.24, 2.45) is 0 Å². The molecule has 1 aliphatic heterocycles. The Morgan fingerprint density at radius 1 is 1.21 bits per heavy atom. The summed E-state index contributed by atoms with van der Waals surface area (Å²) in [6.07, 6.45) is 1.06. The molecule has 1 aromatic carbocycles. The van der Waals surface area contributed by atoms with Crippen LogP contribution < -0.4 is 0 Å². The minimum absolute atomic E-state index is 0.180. The summed E-state index contributed by atoms with van der Waals surface area (Å²) in [4.78, 5) is 0.423. The second-order valence-corrected chi connectivity index (χ2v) is 4.91. The highest BCUT2D eigenvalue weighted by Crippen LogP contribution is 2.28. The van der Waals surface area contributed by atoms with Crippen LogP contribution >= 0.6 is 15.9 Å². The van der Waals surface area contributed by atoms with Crippen molar-refractivity contribution in [3.8, 4) is 0 Å². The third-order valence-electron chi connectivity index (χ3n) is 2.50. The zero-order valence-corrected chi connectivity index (χ0v) is 9.34. The van der Waals surface area contributed by atoms with E-state index in [1.807, 2.05) is 12.1 Å². The molecule has 0 bridgehead atoms. The molecule has 0 saturated carbocycles. The maximum atomic E-state index is 12.7. The van der Waals surface area contributed by atoms with Crippen LogP contribution in [0.25, 0.3) is 0 Å². The Morgan fingerprint density at radius 3 is 2.57 bits per heavy atom. The first kappa shape index (κ1) is 10.1. The van der Waals surface area contributed by atoms with E-state index in [2.05, 4.69) is 15.9 Å². The third kappa shape index (κ3) is 2.34. The summed E-state index contributed by atoms with van der Waals surface area (Å²) in [6.45, 7) is 1.52. The predicted molar refractivity (Wildman–Crippen MR) is 57.3 cm³/mol. The van der Waals surface area contributed by atoms with Gasteiger partial charge >= 0.3 is 0 Å². The summed E-state index contributed by atoms with van der Waals surface area (Å²) >= 11 is 3.54. The Bertz CT molecular complexity index is 299. The van der Waals surface area contributed by atoms with Crippen molar-refractivity contribution < 1.29 is 9.13 Å². The van der Waals surface area contributed by atoms with Crippen LogP contribution in [-0.2, 0) is 4.74 Å². The maximum absolute atomic E-state index is 12.7. The van der Waals surface area contributed by atoms with Crippen LogP contribution in [0.2, 0.25) is 0 Å². The maximum Gasteiger partial charge on any atom is 0.123 e. The van der Waals surface area contributed by atoms with Crippen LogP contribution in [0, 0.1) is 5.82 Å². The van der Waals surface area contributed by atoms with E-state index in [1.165, 1.54) is 12.1 Å². The molecule has 0 N–H and O–H groups in total. The van der Waals surface area contributed by atoms with Crippen LogP contribution in [0.15, 0.2) is 24.3 Å². The fraction of sp³-hybridized carbons (Fsp3) is 0.455. The van der Waals surface area contributed by atoms with Crippen LogP contribution in [0.4, 0.5) is 4.39 Å². The summed E-state index contributed by atoms with van der Waals surface area (Å²) in [6, 6.07) is 6.70. The van der Waals surface area contributed by atoms with Crippen molar-refractivity contribution in [2.75, 3.05) is 13.2 Å². The first-order valence-corrected chi connectivity index (χ1v) is 5.64. The van der Waals surface area contributed by atoms with Gasteiger partial charge in [0.05, 0.1) is 13.2 Å². The SMILES string of the molecule is Fc1ccc(C2COCC(Br)C2)cc1. The second kappa shape index (κ2) is 4.41. The van der Waals surface area contributed by atoms with Gasteiger partial charge in [0, 0.05) is 10.7 Å². The molecule has 1 heterocycles. The lowest BCUT2D eigenvalue weighted by molar-refractivity contribution is 0.0865. The number of alkyl halides is 1. The highest BCUT2D eigenvalue weighted by atomic mass is 79.9. The normalized spacial score (nSPS) is 27.6. The zero-order valence-electron chi connectivity index (χ0n) is 7.75. The monoisotopic (exact) mass is 258 g/mol. The summed E-state index contributed by atoms with van der Waals surface area (Å²) in [5, 5.41) is 0. The Labute approximate surface area is 91.4 Å². The number of halogens is 2. The van der Waals surface area contributed by atoms with Gasteiger partial charge in [-0.05, 0) is 24.1 Å². The highest BCUT2D eigenvalue weighted by molar-refractivity contribution is 9.09. The topological polar surface area (TPSA) is 9.23 Å². The number of benzene rings is 1. The molecule has 0 radical (unpaired) electrons. The van der Waals surface area contributed by atoms with Gasteiger partial charge in [0.1, 0.15) is 5.82 Å². The van der Waals surface area contributed by atoms with E-state index >= 15 is 0 Å². The van der Waals surface area contributed by atoms with Gasteiger partial charge in [0.25, 0.3) is 0 Å². The van der Waals surface area contributed by atoms with E-state index in [-0.39, 0.29) is 5.82 Å². The smallest absolute Gasteiger partial charge is 0.123 e. The molecule has 1 aromatic rings. The first-order chi connectivity index (χ1) is 6.75. The lowest BCUT2D eigenvalue weighted by atomic mass is 9.94. The van der Waals surface area contributed by atoms with Crippen molar-refractivity contribution in [3.63, 3.8) is 0 Å². The lowest BCUT2D eigenvalue weighted by Gasteiger charge is -2.26.